The van der Waals surface area contributed by atoms with Gasteiger partial charge in [-0.25, -0.2) is 0 Å². The second-order valence-corrected chi connectivity index (χ2v) is 6.14. The zero-order valence-corrected chi connectivity index (χ0v) is 11.2. The van der Waals surface area contributed by atoms with Crippen LogP contribution in [0.3, 0.4) is 0 Å². The van der Waals surface area contributed by atoms with E-state index in [0.29, 0.717) is 5.92 Å². The number of aliphatic hydroxyl groups is 1. The summed E-state index contributed by atoms with van der Waals surface area (Å²) in [4.78, 5) is 2.23. The second-order valence-electron chi connectivity index (χ2n) is 6.14. The van der Waals surface area contributed by atoms with Gasteiger partial charge in [-0.1, -0.05) is 20.3 Å². The fourth-order valence-electron chi connectivity index (χ4n) is 2.70. The number of nitrogens with zero attached hydrogens (tertiary/aromatic N) is 1. The van der Waals surface area contributed by atoms with E-state index >= 15 is 0 Å². The number of hydrogen-bond acceptors (Lipinski definition) is 3. The molecule has 1 aliphatic rings. The van der Waals surface area contributed by atoms with Crippen LogP contribution < -0.4 is 5.73 Å². The molecule has 1 aliphatic carbocycles. The van der Waals surface area contributed by atoms with Gasteiger partial charge >= 0.3 is 0 Å². The van der Waals surface area contributed by atoms with E-state index in [1.165, 1.54) is 19.3 Å². The first kappa shape index (κ1) is 13.9. The predicted octanol–water partition coefficient (Wildman–Crippen LogP) is 1.45. The molecule has 1 rings (SSSR count). The van der Waals surface area contributed by atoms with Gasteiger partial charge in [0.05, 0.1) is 6.61 Å². The van der Waals surface area contributed by atoms with Crippen LogP contribution in [0, 0.1) is 11.3 Å². The van der Waals surface area contributed by atoms with Gasteiger partial charge in [0.25, 0.3) is 0 Å². The number of nitrogens with two attached hydrogens (primary N) is 1. The summed E-state index contributed by atoms with van der Waals surface area (Å²) in [5.41, 5.74) is 6.63. The van der Waals surface area contributed by atoms with Crippen LogP contribution in [0.2, 0.25) is 0 Å². The molecule has 0 aromatic carbocycles. The van der Waals surface area contributed by atoms with Crippen LogP contribution >= 0.6 is 0 Å². The lowest BCUT2D eigenvalue weighted by atomic mass is 9.68. The molecule has 0 spiro atoms. The number of likely N-dealkylation sites (N-methyl/N-ethyl adjacent to an activating group) is 1. The molecule has 3 heteroatoms. The van der Waals surface area contributed by atoms with Gasteiger partial charge in [-0.05, 0) is 38.1 Å². The average molecular weight is 228 g/mol. The first-order valence-corrected chi connectivity index (χ1v) is 6.45. The quantitative estimate of drug-likeness (QED) is 0.766. The Morgan fingerprint density at radius 2 is 2.12 bits per heavy atom. The molecule has 0 saturated heterocycles. The predicted molar refractivity (Wildman–Crippen MR) is 68.3 cm³/mol. The largest absolute Gasteiger partial charge is 0.395 e. The van der Waals surface area contributed by atoms with E-state index in [1.54, 1.807) is 0 Å². The summed E-state index contributed by atoms with van der Waals surface area (Å²) in [7, 11) is 2.08. The summed E-state index contributed by atoms with van der Waals surface area (Å²) in [5.74, 6) is 0.572. The Bertz CT molecular complexity index is 218. The van der Waals surface area contributed by atoms with Gasteiger partial charge in [-0.2, -0.15) is 0 Å². The molecule has 0 aromatic heterocycles. The van der Waals surface area contributed by atoms with E-state index in [4.69, 9.17) is 10.8 Å². The van der Waals surface area contributed by atoms with Crippen molar-refractivity contribution in [1.29, 1.82) is 0 Å². The van der Waals surface area contributed by atoms with Gasteiger partial charge in [-0.3, -0.25) is 0 Å². The Kier molecular flexibility index (Phi) is 4.77. The van der Waals surface area contributed by atoms with Gasteiger partial charge in [0.2, 0.25) is 0 Å². The van der Waals surface area contributed by atoms with Crippen molar-refractivity contribution in [2.75, 3.05) is 20.2 Å². The number of aliphatic hydroxyl groups excluding tert-OH is 1. The average Bonchev–Trinajstić information content (AvgIpc) is 2.23. The summed E-state index contributed by atoms with van der Waals surface area (Å²) < 4.78 is 0. The molecule has 1 saturated carbocycles. The number of rotatable bonds is 4. The Morgan fingerprint density at radius 1 is 1.50 bits per heavy atom. The fourth-order valence-corrected chi connectivity index (χ4v) is 2.70. The minimum absolute atomic E-state index is 0.224. The molecule has 3 unspecified atom stereocenters. The molecule has 1 fully saturated rings. The topological polar surface area (TPSA) is 49.5 Å². The van der Waals surface area contributed by atoms with Gasteiger partial charge < -0.3 is 15.7 Å². The lowest BCUT2D eigenvalue weighted by Gasteiger charge is -2.43. The van der Waals surface area contributed by atoms with Gasteiger partial charge in [0.15, 0.2) is 0 Å². The molecule has 16 heavy (non-hydrogen) atoms. The van der Waals surface area contributed by atoms with Gasteiger partial charge in [-0.15, -0.1) is 0 Å². The first-order chi connectivity index (χ1) is 7.38. The highest BCUT2D eigenvalue weighted by molar-refractivity contribution is 4.92. The van der Waals surface area contributed by atoms with E-state index in [-0.39, 0.29) is 24.1 Å². The molecular formula is C13H28N2O. The third kappa shape index (κ3) is 3.19. The Labute approximate surface area is 100 Å². The molecule has 96 valence electrons. The van der Waals surface area contributed by atoms with Crippen LogP contribution in [-0.2, 0) is 0 Å². The van der Waals surface area contributed by atoms with Gasteiger partial charge in [0, 0.05) is 18.6 Å². The SMILES string of the molecule is CC(CO)N(C)CC1CCCC(C)(C)C1N. The van der Waals surface area contributed by atoms with Crippen molar-refractivity contribution < 1.29 is 5.11 Å². The van der Waals surface area contributed by atoms with Crippen molar-refractivity contribution in [3.8, 4) is 0 Å². The molecule has 0 radical (unpaired) electrons. The highest BCUT2D eigenvalue weighted by Crippen LogP contribution is 2.37. The van der Waals surface area contributed by atoms with Crippen LogP contribution in [0.5, 0.6) is 0 Å². The van der Waals surface area contributed by atoms with Crippen molar-refractivity contribution >= 4 is 0 Å². The highest BCUT2D eigenvalue weighted by atomic mass is 16.3. The first-order valence-electron chi connectivity index (χ1n) is 6.45. The summed E-state index contributed by atoms with van der Waals surface area (Å²) in [6.07, 6.45) is 3.75. The third-order valence-electron chi connectivity index (χ3n) is 4.35. The van der Waals surface area contributed by atoms with Crippen LogP contribution in [0.4, 0.5) is 0 Å². The van der Waals surface area contributed by atoms with Crippen molar-refractivity contribution in [3.05, 3.63) is 0 Å². The summed E-state index contributed by atoms with van der Waals surface area (Å²) in [5, 5.41) is 9.13. The normalized spacial score (nSPS) is 31.7. The van der Waals surface area contributed by atoms with E-state index in [2.05, 4.69) is 32.7 Å². The zero-order chi connectivity index (χ0) is 12.3. The molecular weight excluding hydrogens is 200 g/mol. The van der Waals surface area contributed by atoms with E-state index in [1.807, 2.05) is 0 Å². The van der Waals surface area contributed by atoms with Crippen molar-refractivity contribution in [2.45, 2.75) is 52.1 Å². The maximum atomic E-state index is 9.13. The van der Waals surface area contributed by atoms with Gasteiger partial charge in [0.1, 0.15) is 0 Å². The molecule has 3 N–H and O–H groups in total. The van der Waals surface area contributed by atoms with E-state index in [9.17, 15) is 0 Å². The maximum absolute atomic E-state index is 9.13. The summed E-state index contributed by atoms with van der Waals surface area (Å²) in [6, 6.07) is 0.520. The molecule has 0 heterocycles. The van der Waals surface area contributed by atoms with E-state index < -0.39 is 0 Å². The van der Waals surface area contributed by atoms with E-state index in [0.717, 1.165) is 6.54 Å². The molecule has 0 bridgehead atoms. The maximum Gasteiger partial charge on any atom is 0.0584 e. The van der Waals surface area contributed by atoms with Crippen molar-refractivity contribution in [1.82, 2.24) is 4.90 Å². The Morgan fingerprint density at radius 3 is 2.69 bits per heavy atom. The standard InChI is InChI=1S/C13H28N2O/c1-10(9-16)15(4)8-11-6-5-7-13(2,3)12(11)14/h10-12,16H,5-9,14H2,1-4H3. The summed E-state index contributed by atoms with van der Waals surface area (Å²) >= 11 is 0. The molecule has 0 aromatic rings. The van der Waals surface area contributed by atoms with Crippen molar-refractivity contribution in [3.63, 3.8) is 0 Å². The zero-order valence-electron chi connectivity index (χ0n) is 11.2. The number of hydrogen-bond donors (Lipinski definition) is 2. The third-order valence-corrected chi connectivity index (χ3v) is 4.35. The lowest BCUT2D eigenvalue weighted by molar-refractivity contribution is 0.0832. The summed E-state index contributed by atoms with van der Waals surface area (Å²) in [6.45, 7) is 7.84. The molecule has 0 amide bonds. The fraction of sp³-hybridized carbons (Fsp3) is 1.00. The Balaban J connectivity index is 2.53. The molecule has 3 atom stereocenters. The van der Waals surface area contributed by atoms with Crippen LogP contribution in [0.25, 0.3) is 0 Å². The smallest absolute Gasteiger partial charge is 0.0584 e. The second kappa shape index (κ2) is 5.48. The minimum Gasteiger partial charge on any atom is -0.395 e. The minimum atomic E-state index is 0.224. The van der Waals surface area contributed by atoms with Crippen molar-refractivity contribution in [2.24, 2.45) is 17.1 Å². The molecule has 0 aliphatic heterocycles. The Hall–Kier alpha value is -0.120. The van der Waals surface area contributed by atoms with Crippen LogP contribution in [0.15, 0.2) is 0 Å². The lowest BCUT2D eigenvalue weighted by Crippen LogP contribution is -2.51. The monoisotopic (exact) mass is 228 g/mol. The van der Waals surface area contributed by atoms with Crippen LogP contribution in [0.1, 0.15) is 40.0 Å². The van der Waals surface area contributed by atoms with Crippen LogP contribution in [-0.4, -0.2) is 42.3 Å². The highest BCUT2D eigenvalue weighted by Gasteiger charge is 2.36. The molecule has 3 nitrogen and oxygen atoms in total.